The van der Waals surface area contributed by atoms with E-state index < -0.39 is 6.10 Å². The first-order valence-corrected chi connectivity index (χ1v) is 7.76. The Morgan fingerprint density at radius 1 is 1.42 bits per heavy atom. The molecular weight excluding hydrogens is 328 g/mol. The first-order valence-electron chi connectivity index (χ1n) is 5.74. The minimum atomic E-state index is -0.663. The molecule has 0 aliphatic carbocycles. The molecule has 2 heterocycles. The van der Waals surface area contributed by atoms with Crippen molar-refractivity contribution in [1.82, 2.24) is 19.5 Å². The lowest BCUT2D eigenvalue weighted by atomic mass is 10.1. The molecule has 0 saturated heterocycles. The number of imidazole rings is 1. The van der Waals surface area contributed by atoms with E-state index in [0.717, 1.165) is 22.2 Å². The first-order chi connectivity index (χ1) is 9.02. The topological polar surface area (TPSA) is 63.8 Å². The molecule has 0 aliphatic heterocycles. The van der Waals surface area contributed by atoms with Crippen molar-refractivity contribution in [2.75, 3.05) is 6.26 Å². The van der Waals surface area contributed by atoms with E-state index >= 15 is 0 Å². The van der Waals surface area contributed by atoms with E-state index in [-0.39, 0.29) is 0 Å². The van der Waals surface area contributed by atoms with Crippen LogP contribution in [0.3, 0.4) is 0 Å². The fourth-order valence-corrected chi connectivity index (χ4v) is 3.28. The van der Waals surface area contributed by atoms with Crippen LogP contribution in [0.25, 0.3) is 0 Å². The fraction of sp³-hybridized carbons (Fsp3) is 0.417. The van der Waals surface area contributed by atoms with Crippen LogP contribution in [0, 0.1) is 6.92 Å². The van der Waals surface area contributed by atoms with Crippen molar-refractivity contribution in [1.29, 1.82) is 0 Å². The monoisotopic (exact) mass is 342 g/mol. The third-order valence-electron chi connectivity index (χ3n) is 2.76. The lowest BCUT2D eigenvalue weighted by Gasteiger charge is -2.12. The summed E-state index contributed by atoms with van der Waals surface area (Å²) in [6, 6.07) is 0. The Balaban J connectivity index is 2.25. The van der Waals surface area contributed by atoms with Crippen molar-refractivity contribution in [2.24, 2.45) is 7.05 Å². The van der Waals surface area contributed by atoms with Gasteiger partial charge in [-0.25, -0.2) is 4.98 Å². The predicted octanol–water partition coefficient (Wildman–Crippen LogP) is 2.28. The van der Waals surface area contributed by atoms with Gasteiger partial charge in [0.25, 0.3) is 0 Å². The van der Waals surface area contributed by atoms with Crippen molar-refractivity contribution in [3.63, 3.8) is 0 Å². The van der Waals surface area contributed by atoms with E-state index in [1.807, 2.05) is 24.8 Å². The standard InChI is InChI=1S/C12H15BrN4OS/c1-7-5-14-6-8(15-7)4-9(18)10-11(13)16-12(19-3)17(10)2/h5-6,9,18H,4H2,1-3H3/t9-/m1/s1. The highest BCUT2D eigenvalue weighted by molar-refractivity contribution is 9.10. The molecule has 5 nitrogen and oxygen atoms in total. The second kappa shape index (κ2) is 6.02. The molecule has 7 heteroatoms. The van der Waals surface area contributed by atoms with Gasteiger partial charge in [-0.2, -0.15) is 0 Å². The number of thioether (sulfide) groups is 1. The number of hydrogen-bond donors (Lipinski definition) is 1. The largest absolute Gasteiger partial charge is 0.386 e. The number of nitrogens with zero attached hydrogens (tertiary/aromatic N) is 4. The zero-order valence-electron chi connectivity index (χ0n) is 11.0. The van der Waals surface area contributed by atoms with Gasteiger partial charge < -0.3 is 9.67 Å². The summed E-state index contributed by atoms with van der Waals surface area (Å²) in [4.78, 5) is 12.8. The highest BCUT2D eigenvalue weighted by atomic mass is 79.9. The number of aryl methyl sites for hydroxylation is 1. The Labute approximate surface area is 124 Å². The number of rotatable bonds is 4. The van der Waals surface area contributed by atoms with Crippen LogP contribution in [0.1, 0.15) is 23.2 Å². The third-order valence-corrected chi connectivity index (χ3v) is 4.07. The van der Waals surface area contributed by atoms with Gasteiger partial charge in [-0.05, 0) is 29.1 Å². The molecule has 2 aromatic rings. The van der Waals surface area contributed by atoms with Gasteiger partial charge in [0.2, 0.25) is 0 Å². The highest BCUT2D eigenvalue weighted by Crippen LogP contribution is 2.29. The summed E-state index contributed by atoms with van der Waals surface area (Å²) in [5, 5.41) is 11.2. The van der Waals surface area contributed by atoms with Crippen molar-refractivity contribution in [2.45, 2.75) is 24.6 Å². The quantitative estimate of drug-likeness (QED) is 0.863. The van der Waals surface area contributed by atoms with Gasteiger partial charge in [-0.15, -0.1) is 0 Å². The van der Waals surface area contributed by atoms with Crippen molar-refractivity contribution >= 4 is 27.7 Å². The van der Waals surface area contributed by atoms with Gasteiger partial charge >= 0.3 is 0 Å². The lowest BCUT2D eigenvalue weighted by molar-refractivity contribution is 0.167. The molecule has 0 fully saturated rings. The summed E-state index contributed by atoms with van der Waals surface area (Å²) in [5.41, 5.74) is 2.37. The Hall–Kier alpha value is -0.920. The minimum Gasteiger partial charge on any atom is -0.386 e. The molecule has 0 saturated carbocycles. The van der Waals surface area contributed by atoms with Gasteiger partial charge in [0, 0.05) is 25.9 Å². The molecule has 0 bridgehead atoms. The normalized spacial score (nSPS) is 12.7. The zero-order valence-corrected chi connectivity index (χ0v) is 13.4. The fourth-order valence-electron chi connectivity index (χ4n) is 1.91. The highest BCUT2D eigenvalue weighted by Gasteiger charge is 2.20. The second-order valence-corrected chi connectivity index (χ2v) is 5.73. The SMILES string of the molecule is CSc1nc(Br)c([C@H](O)Cc2cncc(C)n2)n1C. The molecule has 19 heavy (non-hydrogen) atoms. The number of aromatic nitrogens is 4. The van der Waals surface area contributed by atoms with Crippen LogP contribution < -0.4 is 0 Å². The molecule has 0 unspecified atom stereocenters. The van der Waals surface area contributed by atoms with E-state index in [1.165, 1.54) is 11.8 Å². The maximum absolute atomic E-state index is 10.4. The molecule has 2 aromatic heterocycles. The maximum atomic E-state index is 10.4. The summed E-state index contributed by atoms with van der Waals surface area (Å²) in [7, 11) is 1.89. The molecule has 0 aliphatic rings. The van der Waals surface area contributed by atoms with Gasteiger partial charge in [0.05, 0.1) is 17.1 Å². The average molecular weight is 343 g/mol. The molecule has 0 amide bonds. The lowest BCUT2D eigenvalue weighted by Crippen LogP contribution is -2.09. The van der Waals surface area contributed by atoms with E-state index in [0.29, 0.717) is 11.0 Å². The second-order valence-electron chi connectivity index (χ2n) is 4.21. The minimum absolute atomic E-state index is 0.417. The molecule has 102 valence electrons. The van der Waals surface area contributed by atoms with Crippen LogP contribution in [0.2, 0.25) is 0 Å². The van der Waals surface area contributed by atoms with Crippen LogP contribution in [0.4, 0.5) is 0 Å². The van der Waals surface area contributed by atoms with E-state index in [2.05, 4.69) is 30.9 Å². The van der Waals surface area contributed by atoms with E-state index in [4.69, 9.17) is 0 Å². The number of hydrogen-bond acceptors (Lipinski definition) is 5. The van der Waals surface area contributed by atoms with Crippen molar-refractivity contribution < 1.29 is 5.11 Å². The number of aliphatic hydroxyl groups excluding tert-OH is 1. The zero-order chi connectivity index (χ0) is 14.0. The molecule has 1 atom stereocenters. The smallest absolute Gasteiger partial charge is 0.168 e. The molecular formula is C12H15BrN4OS. The Bertz CT molecular complexity index is 587. The van der Waals surface area contributed by atoms with Gasteiger partial charge in [0.15, 0.2) is 5.16 Å². The summed E-state index contributed by atoms with van der Waals surface area (Å²) >= 11 is 4.94. The molecule has 0 radical (unpaired) electrons. The number of aliphatic hydroxyl groups is 1. The van der Waals surface area contributed by atoms with Crippen LogP contribution in [0.15, 0.2) is 22.2 Å². The third kappa shape index (κ3) is 3.16. The average Bonchev–Trinajstić information content (AvgIpc) is 2.64. The Morgan fingerprint density at radius 3 is 2.74 bits per heavy atom. The first kappa shape index (κ1) is 14.5. The Morgan fingerprint density at radius 2 is 2.16 bits per heavy atom. The van der Waals surface area contributed by atoms with E-state index in [1.54, 1.807) is 12.4 Å². The molecule has 0 spiro atoms. The van der Waals surface area contributed by atoms with Crippen LogP contribution in [0.5, 0.6) is 0 Å². The summed E-state index contributed by atoms with van der Waals surface area (Å²) in [5.74, 6) is 0. The summed E-state index contributed by atoms with van der Waals surface area (Å²) in [6.45, 7) is 1.88. The summed E-state index contributed by atoms with van der Waals surface area (Å²) < 4.78 is 2.57. The van der Waals surface area contributed by atoms with Crippen LogP contribution in [-0.2, 0) is 13.5 Å². The van der Waals surface area contributed by atoms with Gasteiger partial charge in [0.1, 0.15) is 10.7 Å². The van der Waals surface area contributed by atoms with Crippen molar-refractivity contribution in [3.8, 4) is 0 Å². The molecule has 2 rings (SSSR count). The molecule has 0 aromatic carbocycles. The van der Waals surface area contributed by atoms with Crippen LogP contribution in [-0.4, -0.2) is 30.9 Å². The number of halogens is 1. The van der Waals surface area contributed by atoms with E-state index in [9.17, 15) is 5.11 Å². The maximum Gasteiger partial charge on any atom is 0.168 e. The van der Waals surface area contributed by atoms with Crippen molar-refractivity contribution in [3.05, 3.63) is 34.1 Å². The van der Waals surface area contributed by atoms with Gasteiger partial charge in [-0.3, -0.25) is 9.97 Å². The van der Waals surface area contributed by atoms with Gasteiger partial charge in [-0.1, -0.05) is 11.8 Å². The Kier molecular flexibility index (Phi) is 4.59. The summed E-state index contributed by atoms with van der Waals surface area (Å²) in [6.07, 6.45) is 5.08. The van der Waals surface area contributed by atoms with Crippen LogP contribution >= 0.6 is 27.7 Å². The predicted molar refractivity (Wildman–Crippen MR) is 78.1 cm³/mol. The molecule has 1 N–H and O–H groups in total.